The van der Waals surface area contributed by atoms with Crippen LogP contribution in [-0.4, -0.2) is 24.1 Å². The zero-order valence-corrected chi connectivity index (χ0v) is 19.5. The van der Waals surface area contributed by atoms with Gasteiger partial charge < -0.3 is 9.47 Å². The first kappa shape index (κ1) is 23.6. The molecule has 0 N–H and O–H groups in total. The number of hydrogen-bond acceptors (Lipinski definition) is 4. The molecule has 0 heterocycles. The monoisotopic (exact) mass is 420 g/mol. The number of esters is 2. The average Bonchev–Trinajstić information content (AvgIpc) is 2.73. The van der Waals surface area contributed by atoms with Gasteiger partial charge in [-0.2, -0.15) is 0 Å². The van der Waals surface area contributed by atoms with Gasteiger partial charge >= 0.3 is 11.9 Å². The Morgan fingerprint density at radius 1 is 0.533 bits per heavy atom. The van der Waals surface area contributed by atoms with Crippen LogP contribution in [0.3, 0.4) is 0 Å². The summed E-state index contributed by atoms with van der Waals surface area (Å²) in [6, 6.07) is 0. The van der Waals surface area contributed by atoms with Crippen LogP contribution in [0.25, 0.3) is 0 Å². The molecular formula is C26H44O4. The van der Waals surface area contributed by atoms with Crippen LogP contribution in [0, 0.1) is 10.8 Å². The van der Waals surface area contributed by atoms with Crippen molar-refractivity contribution in [3.8, 4) is 0 Å². The van der Waals surface area contributed by atoms with E-state index < -0.39 is 0 Å². The Hall–Kier alpha value is -1.06. The van der Waals surface area contributed by atoms with Crippen molar-refractivity contribution < 1.29 is 19.1 Å². The Kier molecular flexibility index (Phi) is 8.65. The molecule has 0 saturated heterocycles. The Morgan fingerprint density at radius 3 is 1.13 bits per heavy atom. The van der Waals surface area contributed by atoms with Crippen molar-refractivity contribution >= 4 is 11.9 Å². The molecule has 4 nitrogen and oxygen atoms in total. The van der Waals surface area contributed by atoms with Gasteiger partial charge in [0.25, 0.3) is 0 Å². The van der Waals surface area contributed by atoms with Crippen molar-refractivity contribution in [3.63, 3.8) is 0 Å². The summed E-state index contributed by atoms with van der Waals surface area (Å²) in [7, 11) is 0. The van der Waals surface area contributed by atoms with Crippen molar-refractivity contribution in [2.45, 2.75) is 142 Å². The summed E-state index contributed by atoms with van der Waals surface area (Å²) in [5, 5.41) is 0. The molecule has 4 aliphatic rings. The van der Waals surface area contributed by atoms with Crippen LogP contribution in [0.1, 0.15) is 129 Å². The van der Waals surface area contributed by atoms with Crippen molar-refractivity contribution in [2.24, 2.45) is 10.8 Å². The van der Waals surface area contributed by atoms with E-state index in [2.05, 4.69) is 0 Å². The Labute approximate surface area is 183 Å². The number of hydrogen-bond donors (Lipinski definition) is 0. The summed E-state index contributed by atoms with van der Waals surface area (Å²) in [5.74, 6) is -0.182. The third-order valence-corrected chi connectivity index (χ3v) is 8.46. The van der Waals surface area contributed by atoms with E-state index >= 15 is 0 Å². The van der Waals surface area contributed by atoms with E-state index in [1.807, 2.05) is 0 Å². The van der Waals surface area contributed by atoms with Crippen LogP contribution >= 0.6 is 0 Å². The predicted molar refractivity (Wildman–Crippen MR) is 119 cm³/mol. The zero-order valence-electron chi connectivity index (χ0n) is 19.5. The maximum absolute atomic E-state index is 11.1. The quantitative estimate of drug-likeness (QED) is 0.457. The van der Waals surface area contributed by atoms with Crippen LogP contribution in [-0.2, 0) is 19.1 Å². The average molecular weight is 421 g/mol. The molecule has 0 aromatic heterocycles. The lowest BCUT2D eigenvalue weighted by Crippen LogP contribution is -2.42. The normalized spacial score (nSPS) is 30.1. The zero-order chi connectivity index (χ0) is 21.5. The minimum Gasteiger partial charge on any atom is -0.462 e. The molecule has 4 rings (SSSR count). The van der Waals surface area contributed by atoms with E-state index in [9.17, 15) is 9.59 Å². The first-order chi connectivity index (χ1) is 14.5. The third kappa shape index (κ3) is 6.01. The standard InChI is InChI=1S/2C13H22O2/c2*1-11(14)15-12-7-3-6-10-13(12)8-4-2-5-9-13/h2*12H,2-10H2,1H3/t2*12-/m00/s1. The fourth-order valence-corrected chi connectivity index (χ4v) is 6.97. The second-order valence-electron chi connectivity index (χ2n) is 10.5. The van der Waals surface area contributed by atoms with Crippen molar-refractivity contribution in [2.75, 3.05) is 0 Å². The fourth-order valence-electron chi connectivity index (χ4n) is 6.97. The van der Waals surface area contributed by atoms with Gasteiger partial charge in [0.1, 0.15) is 12.2 Å². The fraction of sp³-hybridized carbons (Fsp3) is 0.923. The molecular weight excluding hydrogens is 376 g/mol. The van der Waals surface area contributed by atoms with Gasteiger partial charge in [0.2, 0.25) is 0 Å². The molecule has 0 aliphatic heterocycles. The summed E-state index contributed by atoms with van der Waals surface area (Å²) in [5.41, 5.74) is 0.727. The van der Waals surface area contributed by atoms with E-state index in [0.29, 0.717) is 10.8 Å². The lowest BCUT2D eigenvalue weighted by molar-refractivity contribution is -0.160. The van der Waals surface area contributed by atoms with E-state index in [0.717, 1.165) is 12.8 Å². The highest BCUT2D eigenvalue weighted by Gasteiger charge is 2.44. The summed E-state index contributed by atoms with van der Waals surface area (Å²) in [6.07, 6.45) is 23.5. The van der Waals surface area contributed by atoms with Crippen molar-refractivity contribution in [1.29, 1.82) is 0 Å². The van der Waals surface area contributed by atoms with Gasteiger partial charge in [0, 0.05) is 24.7 Å². The smallest absolute Gasteiger partial charge is 0.302 e. The molecule has 4 fully saturated rings. The Bertz CT molecular complexity index is 491. The minimum absolute atomic E-state index is 0.0909. The highest BCUT2D eigenvalue weighted by Crippen LogP contribution is 2.49. The van der Waals surface area contributed by atoms with Gasteiger partial charge in [0.05, 0.1) is 0 Å². The Balaban J connectivity index is 0.000000171. The molecule has 172 valence electrons. The number of ether oxygens (including phenoxy) is 2. The number of carbonyl (C=O) groups is 2. The van der Waals surface area contributed by atoms with Crippen LogP contribution in [0.4, 0.5) is 0 Å². The maximum Gasteiger partial charge on any atom is 0.302 e. The minimum atomic E-state index is -0.0909. The lowest BCUT2D eigenvalue weighted by Gasteiger charge is -2.45. The van der Waals surface area contributed by atoms with Gasteiger partial charge in [-0.25, -0.2) is 0 Å². The summed E-state index contributed by atoms with van der Waals surface area (Å²) < 4.78 is 11.1. The van der Waals surface area contributed by atoms with E-state index in [4.69, 9.17) is 9.47 Å². The molecule has 4 heteroatoms. The molecule has 0 aromatic carbocycles. The summed E-state index contributed by atoms with van der Waals surface area (Å²) in [6.45, 7) is 3.09. The molecule has 0 aromatic rings. The summed E-state index contributed by atoms with van der Waals surface area (Å²) >= 11 is 0. The molecule has 4 saturated carbocycles. The number of rotatable bonds is 2. The van der Waals surface area contributed by atoms with Gasteiger partial charge in [-0.3, -0.25) is 9.59 Å². The second-order valence-corrected chi connectivity index (χ2v) is 10.5. The third-order valence-electron chi connectivity index (χ3n) is 8.46. The highest BCUT2D eigenvalue weighted by atomic mass is 16.5. The first-order valence-corrected chi connectivity index (χ1v) is 12.8. The van der Waals surface area contributed by atoms with Gasteiger partial charge in [-0.05, 0) is 64.2 Å². The highest BCUT2D eigenvalue weighted by molar-refractivity contribution is 5.66. The van der Waals surface area contributed by atoms with E-state index in [1.54, 1.807) is 13.8 Å². The second kappa shape index (κ2) is 11.0. The number of carbonyl (C=O) groups excluding carboxylic acids is 2. The predicted octanol–water partition coefficient (Wildman–Crippen LogP) is 6.89. The van der Waals surface area contributed by atoms with Crippen LogP contribution in [0.15, 0.2) is 0 Å². The van der Waals surface area contributed by atoms with Crippen molar-refractivity contribution in [3.05, 3.63) is 0 Å². The largest absolute Gasteiger partial charge is 0.462 e. The topological polar surface area (TPSA) is 52.6 Å². The van der Waals surface area contributed by atoms with Gasteiger partial charge in [0.15, 0.2) is 0 Å². The first-order valence-electron chi connectivity index (χ1n) is 12.8. The van der Waals surface area contributed by atoms with Crippen LogP contribution in [0.5, 0.6) is 0 Å². The van der Waals surface area contributed by atoms with Crippen LogP contribution in [0.2, 0.25) is 0 Å². The summed E-state index contributed by atoms with van der Waals surface area (Å²) in [4.78, 5) is 22.2. The van der Waals surface area contributed by atoms with E-state index in [-0.39, 0.29) is 24.1 Å². The van der Waals surface area contributed by atoms with E-state index in [1.165, 1.54) is 103 Å². The van der Waals surface area contributed by atoms with Crippen LogP contribution < -0.4 is 0 Å². The molecule has 30 heavy (non-hydrogen) atoms. The molecule has 2 spiro atoms. The SMILES string of the molecule is CC(=O)O[C@H]1CCCCC12CCCCC2.CC(=O)O[C@H]1CCCCC12CCCCC2. The van der Waals surface area contributed by atoms with Gasteiger partial charge in [-0.1, -0.05) is 51.4 Å². The molecule has 4 aliphatic carbocycles. The molecule has 0 bridgehead atoms. The molecule has 0 unspecified atom stereocenters. The molecule has 0 radical (unpaired) electrons. The molecule has 0 amide bonds. The van der Waals surface area contributed by atoms with Gasteiger partial charge in [-0.15, -0.1) is 0 Å². The maximum atomic E-state index is 11.1. The lowest BCUT2D eigenvalue weighted by atomic mass is 9.63. The molecule has 2 atom stereocenters. The van der Waals surface area contributed by atoms with Crippen molar-refractivity contribution in [1.82, 2.24) is 0 Å². The Morgan fingerprint density at radius 2 is 0.833 bits per heavy atom.